The molecule has 0 spiro atoms. The lowest BCUT2D eigenvalue weighted by atomic mass is 9.93. The summed E-state index contributed by atoms with van der Waals surface area (Å²) >= 11 is 2.14. The van der Waals surface area contributed by atoms with Gasteiger partial charge in [-0.1, -0.05) is 20.3 Å². The second kappa shape index (κ2) is 6.11. The van der Waals surface area contributed by atoms with Crippen molar-refractivity contribution in [1.82, 2.24) is 5.32 Å². The zero-order valence-corrected chi connectivity index (χ0v) is 13.5. The van der Waals surface area contributed by atoms with Gasteiger partial charge >= 0.3 is 0 Å². The summed E-state index contributed by atoms with van der Waals surface area (Å²) in [6.07, 6.45) is 3.39. The molecule has 2 rings (SSSR count). The van der Waals surface area contributed by atoms with Gasteiger partial charge in [0.25, 0.3) is 5.91 Å². The number of hydrogen-bond acceptors (Lipinski definition) is 2. The molecule has 1 fully saturated rings. The number of phenolic OH excluding ortho intramolecular Hbond substituents is 1. The smallest absolute Gasteiger partial charge is 0.255 e. The van der Waals surface area contributed by atoms with Crippen LogP contribution < -0.4 is 5.32 Å². The van der Waals surface area contributed by atoms with E-state index in [-0.39, 0.29) is 17.7 Å². The first-order valence-electron chi connectivity index (χ1n) is 6.82. The number of benzene rings is 1. The van der Waals surface area contributed by atoms with Gasteiger partial charge in [-0.15, -0.1) is 0 Å². The van der Waals surface area contributed by atoms with Crippen LogP contribution in [0.2, 0.25) is 0 Å². The molecule has 0 heterocycles. The normalized spacial score (nSPS) is 26.4. The molecule has 0 aromatic heterocycles. The first kappa shape index (κ1) is 14.6. The van der Waals surface area contributed by atoms with Gasteiger partial charge in [0.2, 0.25) is 0 Å². The second-order valence-corrected chi connectivity index (χ2v) is 6.59. The Morgan fingerprint density at radius 3 is 2.84 bits per heavy atom. The fourth-order valence-electron chi connectivity index (χ4n) is 2.96. The zero-order chi connectivity index (χ0) is 14.0. The Morgan fingerprint density at radius 1 is 1.47 bits per heavy atom. The molecule has 1 amide bonds. The predicted molar refractivity (Wildman–Crippen MR) is 84.3 cm³/mol. The minimum atomic E-state index is -0.162. The Kier molecular flexibility index (Phi) is 4.71. The molecule has 0 saturated heterocycles. The van der Waals surface area contributed by atoms with Crippen LogP contribution in [0.4, 0.5) is 0 Å². The van der Waals surface area contributed by atoms with Crippen LogP contribution in [0.15, 0.2) is 18.2 Å². The van der Waals surface area contributed by atoms with E-state index in [4.69, 9.17) is 0 Å². The monoisotopic (exact) mass is 373 g/mol. The Balaban J connectivity index is 2.07. The number of aromatic hydroxyl groups is 1. The standard InChI is InChI=1S/C15H20INO2/c1-3-10-4-6-13(9(10)2)17-15(19)12-8-11(16)5-7-14(12)18/h5,7-10,13,18H,3-4,6H2,1-2H3,(H,17,19). The van der Waals surface area contributed by atoms with Crippen LogP contribution in [0, 0.1) is 15.4 Å². The number of carbonyl (C=O) groups is 1. The van der Waals surface area contributed by atoms with Crippen molar-refractivity contribution in [3.05, 3.63) is 27.3 Å². The number of rotatable bonds is 3. The van der Waals surface area contributed by atoms with E-state index in [0.717, 1.165) is 9.99 Å². The Morgan fingerprint density at radius 2 is 2.21 bits per heavy atom. The molecule has 1 saturated carbocycles. The van der Waals surface area contributed by atoms with Crippen molar-refractivity contribution in [2.45, 2.75) is 39.2 Å². The van der Waals surface area contributed by atoms with Crippen LogP contribution in [0.5, 0.6) is 5.75 Å². The van der Waals surface area contributed by atoms with Gasteiger partial charge in [-0.2, -0.15) is 0 Å². The first-order chi connectivity index (χ1) is 9.02. The molecule has 3 nitrogen and oxygen atoms in total. The van der Waals surface area contributed by atoms with Gasteiger partial charge in [-0.25, -0.2) is 0 Å². The molecule has 3 unspecified atom stereocenters. The number of nitrogens with one attached hydrogen (secondary N) is 1. The molecule has 0 aliphatic heterocycles. The lowest BCUT2D eigenvalue weighted by Gasteiger charge is -2.21. The number of amides is 1. The molecule has 2 N–H and O–H groups in total. The van der Waals surface area contributed by atoms with Crippen LogP contribution in [0.3, 0.4) is 0 Å². The number of phenols is 1. The third-order valence-electron chi connectivity index (χ3n) is 4.27. The van der Waals surface area contributed by atoms with E-state index < -0.39 is 0 Å². The molecular weight excluding hydrogens is 353 g/mol. The molecule has 0 radical (unpaired) electrons. The minimum absolute atomic E-state index is 0.0515. The Labute approximate surface area is 127 Å². The van der Waals surface area contributed by atoms with E-state index in [2.05, 4.69) is 41.8 Å². The summed E-state index contributed by atoms with van der Waals surface area (Å²) in [5, 5.41) is 12.9. The number of carbonyl (C=O) groups excluding carboxylic acids is 1. The van der Waals surface area contributed by atoms with Crippen molar-refractivity contribution in [2.24, 2.45) is 11.8 Å². The van der Waals surface area contributed by atoms with Crippen LogP contribution in [0.1, 0.15) is 43.5 Å². The van der Waals surface area contributed by atoms with Gasteiger partial charge in [0.15, 0.2) is 0 Å². The summed E-state index contributed by atoms with van der Waals surface area (Å²) in [6.45, 7) is 4.41. The number of halogens is 1. The molecule has 104 valence electrons. The van der Waals surface area contributed by atoms with Crippen LogP contribution in [-0.2, 0) is 0 Å². The highest BCUT2D eigenvalue weighted by molar-refractivity contribution is 14.1. The van der Waals surface area contributed by atoms with Crippen molar-refractivity contribution in [2.75, 3.05) is 0 Å². The lowest BCUT2D eigenvalue weighted by Crippen LogP contribution is -2.37. The van der Waals surface area contributed by atoms with E-state index in [1.165, 1.54) is 12.8 Å². The third-order valence-corrected chi connectivity index (χ3v) is 4.94. The average Bonchev–Trinajstić information content (AvgIpc) is 2.73. The van der Waals surface area contributed by atoms with Gasteiger partial charge in [0.05, 0.1) is 5.56 Å². The summed E-state index contributed by atoms with van der Waals surface area (Å²) in [6, 6.07) is 5.32. The van der Waals surface area contributed by atoms with E-state index in [1.54, 1.807) is 18.2 Å². The summed E-state index contributed by atoms with van der Waals surface area (Å²) in [7, 11) is 0. The second-order valence-electron chi connectivity index (χ2n) is 5.35. The SMILES string of the molecule is CCC1CCC(NC(=O)c2cc(I)ccc2O)C1C. The van der Waals surface area contributed by atoms with E-state index in [1.807, 2.05) is 0 Å². The topological polar surface area (TPSA) is 49.3 Å². The highest BCUT2D eigenvalue weighted by Crippen LogP contribution is 2.34. The number of hydrogen-bond donors (Lipinski definition) is 2. The van der Waals surface area contributed by atoms with E-state index >= 15 is 0 Å². The molecule has 3 atom stereocenters. The first-order valence-corrected chi connectivity index (χ1v) is 7.90. The lowest BCUT2D eigenvalue weighted by molar-refractivity contribution is 0.0924. The third kappa shape index (κ3) is 3.22. The van der Waals surface area contributed by atoms with Crippen molar-refractivity contribution in [1.29, 1.82) is 0 Å². The van der Waals surface area contributed by atoms with Crippen LogP contribution in [-0.4, -0.2) is 17.1 Å². The van der Waals surface area contributed by atoms with Crippen molar-refractivity contribution in [3.63, 3.8) is 0 Å². The quantitative estimate of drug-likeness (QED) is 0.797. The van der Waals surface area contributed by atoms with Gasteiger partial charge in [-0.05, 0) is 65.5 Å². The average molecular weight is 373 g/mol. The summed E-state index contributed by atoms with van der Waals surface area (Å²) in [4.78, 5) is 12.2. The summed E-state index contributed by atoms with van der Waals surface area (Å²) in [5.41, 5.74) is 0.374. The maximum atomic E-state index is 12.2. The highest BCUT2D eigenvalue weighted by Gasteiger charge is 2.32. The fraction of sp³-hybridized carbons (Fsp3) is 0.533. The predicted octanol–water partition coefficient (Wildman–Crippen LogP) is 3.55. The largest absolute Gasteiger partial charge is 0.507 e. The molecule has 1 aliphatic carbocycles. The van der Waals surface area contributed by atoms with E-state index in [0.29, 0.717) is 17.4 Å². The summed E-state index contributed by atoms with van der Waals surface area (Å²) < 4.78 is 0.950. The molecule has 4 heteroatoms. The molecule has 0 bridgehead atoms. The molecule has 19 heavy (non-hydrogen) atoms. The van der Waals surface area contributed by atoms with Gasteiger partial charge in [0.1, 0.15) is 5.75 Å². The molecule has 1 aromatic carbocycles. The van der Waals surface area contributed by atoms with Crippen LogP contribution >= 0.6 is 22.6 Å². The van der Waals surface area contributed by atoms with E-state index in [9.17, 15) is 9.90 Å². The van der Waals surface area contributed by atoms with Gasteiger partial charge in [-0.3, -0.25) is 4.79 Å². The Hall–Kier alpha value is -0.780. The maximum Gasteiger partial charge on any atom is 0.255 e. The van der Waals surface area contributed by atoms with Crippen molar-refractivity contribution < 1.29 is 9.90 Å². The van der Waals surface area contributed by atoms with Crippen molar-refractivity contribution in [3.8, 4) is 5.75 Å². The molecule has 1 aliphatic rings. The van der Waals surface area contributed by atoms with Crippen LogP contribution in [0.25, 0.3) is 0 Å². The highest BCUT2D eigenvalue weighted by atomic mass is 127. The molecule has 1 aromatic rings. The van der Waals surface area contributed by atoms with Gasteiger partial charge in [0, 0.05) is 9.61 Å². The maximum absolute atomic E-state index is 12.2. The minimum Gasteiger partial charge on any atom is -0.507 e. The fourth-order valence-corrected chi connectivity index (χ4v) is 3.45. The Bertz CT molecular complexity index is 475. The zero-order valence-electron chi connectivity index (χ0n) is 11.3. The van der Waals surface area contributed by atoms with Gasteiger partial charge < -0.3 is 10.4 Å². The van der Waals surface area contributed by atoms with Crippen molar-refractivity contribution >= 4 is 28.5 Å². The molecular formula is C15H20INO2. The summed E-state index contributed by atoms with van der Waals surface area (Å²) in [5.74, 6) is 1.11.